The van der Waals surface area contributed by atoms with Gasteiger partial charge < -0.3 is 10.1 Å². The minimum Gasteiger partial charge on any atom is -0.444 e. The van der Waals surface area contributed by atoms with E-state index in [1.54, 1.807) is 27.7 Å². The van der Waals surface area contributed by atoms with Crippen molar-refractivity contribution in [1.29, 1.82) is 0 Å². The number of hydrogen-bond acceptors (Lipinski definition) is 6. The maximum Gasteiger partial charge on any atom is 0.407 e. The third-order valence-electron chi connectivity index (χ3n) is 2.97. The molecule has 1 amide bonds. The van der Waals surface area contributed by atoms with Gasteiger partial charge in [-0.25, -0.2) is 17.9 Å². The molecule has 1 rings (SSSR count). The summed E-state index contributed by atoms with van der Waals surface area (Å²) >= 11 is 0. The van der Waals surface area contributed by atoms with Gasteiger partial charge in [-0.3, -0.25) is 10.1 Å². The van der Waals surface area contributed by atoms with Gasteiger partial charge in [-0.2, -0.15) is 0 Å². The molecule has 1 atom stereocenters. The highest BCUT2D eigenvalue weighted by Crippen LogP contribution is 2.15. The third kappa shape index (κ3) is 7.48. The van der Waals surface area contributed by atoms with Crippen molar-refractivity contribution in [3.63, 3.8) is 0 Å². The number of sulfonamides is 1. The lowest BCUT2D eigenvalue weighted by atomic mass is 10.2. The summed E-state index contributed by atoms with van der Waals surface area (Å²) in [6, 6.07) is 4.60. The molecule has 0 fully saturated rings. The topological polar surface area (TPSA) is 128 Å². The van der Waals surface area contributed by atoms with Crippen LogP contribution in [-0.2, 0) is 14.8 Å². The van der Waals surface area contributed by atoms with Gasteiger partial charge in [0.2, 0.25) is 10.0 Å². The molecule has 1 aromatic carbocycles. The quantitative estimate of drug-likeness (QED) is 0.556. The lowest BCUT2D eigenvalue weighted by Crippen LogP contribution is -2.38. The average Bonchev–Trinajstić information content (AvgIpc) is 2.49. The molecular weight excluding hydrogens is 350 g/mol. The Balaban J connectivity index is 2.52. The van der Waals surface area contributed by atoms with Gasteiger partial charge in [-0.1, -0.05) is 6.92 Å². The number of nitrogens with zero attached hydrogens (tertiary/aromatic N) is 1. The molecule has 0 aliphatic rings. The number of rotatable bonds is 7. The van der Waals surface area contributed by atoms with Gasteiger partial charge >= 0.3 is 6.09 Å². The van der Waals surface area contributed by atoms with E-state index in [9.17, 15) is 23.3 Å². The maximum absolute atomic E-state index is 12.2. The molecule has 0 spiro atoms. The molecule has 2 N–H and O–H groups in total. The van der Waals surface area contributed by atoms with Gasteiger partial charge in [-0.05, 0) is 38.8 Å². The van der Waals surface area contributed by atoms with E-state index >= 15 is 0 Å². The number of carbonyl (C=O) groups excluding carboxylic acids is 1. The molecule has 140 valence electrons. The Hall–Kier alpha value is -2.20. The average molecular weight is 373 g/mol. The van der Waals surface area contributed by atoms with E-state index in [2.05, 4.69) is 10.0 Å². The predicted octanol–water partition coefficient (Wildman–Crippen LogP) is 2.03. The molecule has 0 aliphatic heterocycles. The first-order valence-electron chi connectivity index (χ1n) is 7.62. The number of carbonyl (C=O) groups is 1. The molecule has 0 radical (unpaired) electrons. The van der Waals surface area contributed by atoms with Gasteiger partial charge in [0.15, 0.2) is 0 Å². The largest absolute Gasteiger partial charge is 0.444 e. The third-order valence-corrected chi connectivity index (χ3v) is 4.41. The van der Waals surface area contributed by atoms with Crippen LogP contribution in [0.1, 0.15) is 27.7 Å². The Labute approximate surface area is 147 Å². The van der Waals surface area contributed by atoms with Gasteiger partial charge in [-0.15, -0.1) is 0 Å². The first kappa shape index (κ1) is 20.8. The van der Waals surface area contributed by atoms with Crippen LogP contribution >= 0.6 is 0 Å². The number of non-ortho nitro benzene ring substituents is 1. The Bertz CT molecular complexity index is 710. The lowest BCUT2D eigenvalue weighted by Gasteiger charge is -2.21. The summed E-state index contributed by atoms with van der Waals surface area (Å²) in [5.74, 6) is -0.180. The number of hydrogen-bond donors (Lipinski definition) is 2. The van der Waals surface area contributed by atoms with E-state index in [-0.39, 0.29) is 29.6 Å². The first-order chi connectivity index (χ1) is 11.4. The molecule has 0 saturated heterocycles. The summed E-state index contributed by atoms with van der Waals surface area (Å²) in [4.78, 5) is 21.5. The van der Waals surface area contributed by atoms with Crippen molar-refractivity contribution in [3.05, 3.63) is 34.4 Å². The second kappa shape index (κ2) is 8.26. The Morgan fingerprint density at radius 2 is 1.80 bits per heavy atom. The zero-order valence-corrected chi connectivity index (χ0v) is 15.4. The smallest absolute Gasteiger partial charge is 0.407 e. The van der Waals surface area contributed by atoms with Gasteiger partial charge in [0.25, 0.3) is 5.69 Å². The van der Waals surface area contributed by atoms with Crippen LogP contribution in [-0.4, -0.2) is 38.1 Å². The van der Waals surface area contributed by atoms with E-state index in [1.807, 2.05) is 0 Å². The van der Waals surface area contributed by atoms with E-state index < -0.39 is 26.6 Å². The fraction of sp³-hybridized carbons (Fsp3) is 0.533. The number of nitrogens with one attached hydrogen (secondary N) is 2. The molecule has 9 nitrogen and oxygen atoms in total. The van der Waals surface area contributed by atoms with Crippen molar-refractivity contribution in [2.45, 2.75) is 38.2 Å². The van der Waals surface area contributed by atoms with Crippen molar-refractivity contribution in [3.8, 4) is 0 Å². The normalized spacial score (nSPS) is 13.1. The second-order valence-electron chi connectivity index (χ2n) is 6.59. The van der Waals surface area contributed by atoms with Crippen LogP contribution in [0.15, 0.2) is 29.2 Å². The number of benzene rings is 1. The Morgan fingerprint density at radius 1 is 1.24 bits per heavy atom. The van der Waals surface area contributed by atoms with Crippen LogP contribution in [0, 0.1) is 16.0 Å². The molecule has 0 heterocycles. The fourth-order valence-electron chi connectivity index (χ4n) is 1.73. The number of alkyl carbamates (subject to hydrolysis) is 1. The summed E-state index contributed by atoms with van der Waals surface area (Å²) in [5.41, 5.74) is -0.793. The minimum absolute atomic E-state index is 0.0644. The molecule has 0 aliphatic carbocycles. The van der Waals surface area contributed by atoms with Crippen molar-refractivity contribution >= 4 is 21.8 Å². The summed E-state index contributed by atoms with van der Waals surface area (Å²) in [6.45, 7) is 7.32. The molecule has 1 aromatic rings. The molecule has 25 heavy (non-hydrogen) atoms. The van der Waals surface area contributed by atoms with Crippen LogP contribution < -0.4 is 10.0 Å². The lowest BCUT2D eigenvalue weighted by molar-refractivity contribution is -0.384. The molecule has 0 saturated carbocycles. The molecule has 0 aromatic heterocycles. The van der Waals surface area contributed by atoms with E-state index in [4.69, 9.17) is 4.74 Å². The fourth-order valence-corrected chi connectivity index (χ4v) is 2.89. The summed E-state index contributed by atoms with van der Waals surface area (Å²) in [5, 5.41) is 13.2. The van der Waals surface area contributed by atoms with Gasteiger partial charge in [0.05, 0.1) is 9.82 Å². The highest BCUT2D eigenvalue weighted by molar-refractivity contribution is 7.89. The van der Waals surface area contributed by atoms with Crippen LogP contribution in [0.2, 0.25) is 0 Å². The van der Waals surface area contributed by atoms with Crippen molar-refractivity contribution < 1.29 is 22.9 Å². The number of nitro groups is 1. The Morgan fingerprint density at radius 3 is 2.28 bits per heavy atom. The SMILES string of the molecule is CC(CNC(=O)OC(C)(C)C)CNS(=O)(=O)c1ccc([N+](=O)[O-])cc1. The highest BCUT2D eigenvalue weighted by atomic mass is 32.2. The summed E-state index contributed by atoms with van der Waals surface area (Å²) < 4.78 is 31.8. The van der Waals surface area contributed by atoms with Gasteiger partial charge in [0.1, 0.15) is 5.60 Å². The summed E-state index contributed by atoms with van der Waals surface area (Å²) in [7, 11) is -3.78. The summed E-state index contributed by atoms with van der Waals surface area (Å²) in [6.07, 6.45) is -0.572. The van der Waals surface area contributed by atoms with Crippen LogP contribution in [0.5, 0.6) is 0 Å². The van der Waals surface area contributed by atoms with Crippen LogP contribution in [0.4, 0.5) is 10.5 Å². The zero-order valence-electron chi connectivity index (χ0n) is 14.6. The number of amides is 1. The zero-order chi connectivity index (χ0) is 19.3. The van der Waals surface area contributed by atoms with Crippen LogP contribution in [0.3, 0.4) is 0 Å². The number of nitro benzene ring substituents is 1. The first-order valence-corrected chi connectivity index (χ1v) is 9.10. The minimum atomic E-state index is -3.78. The maximum atomic E-state index is 12.2. The van der Waals surface area contributed by atoms with Crippen LogP contribution in [0.25, 0.3) is 0 Å². The van der Waals surface area contributed by atoms with Crippen molar-refractivity contribution in [1.82, 2.24) is 10.0 Å². The standard InChI is InChI=1S/C15H23N3O6S/c1-11(9-16-14(19)24-15(2,3)4)10-17-25(22,23)13-7-5-12(6-8-13)18(20)21/h5-8,11,17H,9-10H2,1-4H3,(H,16,19). The molecule has 10 heteroatoms. The monoisotopic (exact) mass is 373 g/mol. The molecule has 0 bridgehead atoms. The number of ether oxygens (including phenoxy) is 1. The highest BCUT2D eigenvalue weighted by Gasteiger charge is 2.19. The molecule has 1 unspecified atom stereocenters. The molecular formula is C15H23N3O6S. The van der Waals surface area contributed by atoms with E-state index in [0.717, 1.165) is 12.1 Å². The second-order valence-corrected chi connectivity index (χ2v) is 8.36. The van der Waals surface area contributed by atoms with Crippen molar-refractivity contribution in [2.75, 3.05) is 13.1 Å². The predicted molar refractivity (Wildman–Crippen MR) is 91.7 cm³/mol. The van der Waals surface area contributed by atoms with E-state index in [1.165, 1.54) is 12.1 Å². The van der Waals surface area contributed by atoms with Gasteiger partial charge in [0, 0.05) is 25.2 Å². The van der Waals surface area contributed by atoms with Crippen molar-refractivity contribution in [2.24, 2.45) is 5.92 Å². The van der Waals surface area contributed by atoms with E-state index in [0.29, 0.717) is 0 Å². The Kier molecular flexibility index (Phi) is 6.88.